The third-order valence-electron chi connectivity index (χ3n) is 4.96. The lowest BCUT2D eigenvalue weighted by atomic mass is 10.0. The zero-order valence-corrected chi connectivity index (χ0v) is 15.7. The first kappa shape index (κ1) is 18.0. The van der Waals surface area contributed by atoms with Crippen LogP contribution in [0.25, 0.3) is 22.2 Å². The van der Waals surface area contributed by atoms with Crippen molar-refractivity contribution in [2.24, 2.45) is 0 Å². The van der Waals surface area contributed by atoms with Gasteiger partial charge in [-0.15, -0.1) is 0 Å². The van der Waals surface area contributed by atoms with Gasteiger partial charge >= 0.3 is 6.09 Å². The molecule has 0 radical (unpaired) electrons. The van der Waals surface area contributed by atoms with Crippen molar-refractivity contribution in [1.82, 2.24) is 19.8 Å². The summed E-state index contributed by atoms with van der Waals surface area (Å²) in [6.45, 7) is 4.12. The normalized spacial score (nSPS) is 14.3. The number of aromatic nitrogens is 2. The van der Waals surface area contributed by atoms with E-state index in [1.165, 1.54) is 0 Å². The summed E-state index contributed by atoms with van der Waals surface area (Å²) in [5.41, 5.74) is 4.53. The number of nitrogens with zero attached hydrogens (tertiary/aromatic N) is 3. The van der Waals surface area contributed by atoms with Gasteiger partial charge in [0, 0.05) is 31.7 Å². The predicted molar refractivity (Wildman–Crippen MR) is 106 cm³/mol. The molecule has 1 N–H and O–H groups in total. The molecule has 0 saturated carbocycles. The zero-order valence-electron chi connectivity index (χ0n) is 15.7. The Balaban J connectivity index is 1.48. The number of fused-ring (bicyclic) bond motifs is 1. The number of nitrogens with one attached hydrogen (secondary N) is 1. The molecule has 0 bridgehead atoms. The number of amides is 2. The van der Waals surface area contributed by atoms with Crippen LogP contribution in [0.5, 0.6) is 0 Å². The van der Waals surface area contributed by atoms with E-state index in [-0.39, 0.29) is 12.0 Å². The van der Waals surface area contributed by atoms with Crippen LogP contribution in [-0.2, 0) is 4.74 Å². The third-order valence-corrected chi connectivity index (χ3v) is 4.96. The van der Waals surface area contributed by atoms with E-state index in [2.05, 4.69) is 9.97 Å². The van der Waals surface area contributed by atoms with E-state index in [1.54, 1.807) is 23.1 Å². The molecule has 1 aliphatic heterocycles. The molecule has 28 heavy (non-hydrogen) atoms. The van der Waals surface area contributed by atoms with E-state index in [4.69, 9.17) is 4.74 Å². The fourth-order valence-electron chi connectivity index (χ4n) is 3.44. The quantitative estimate of drug-likeness (QED) is 0.759. The van der Waals surface area contributed by atoms with Gasteiger partial charge in [0.25, 0.3) is 5.91 Å². The first-order chi connectivity index (χ1) is 13.7. The number of hydrogen-bond donors (Lipinski definition) is 1. The van der Waals surface area contributed by atoms with Crippen LogP contribution in [0.2, 0.25) is 0 Å². The van der Waals surface area contributed by atoms with Gasteiger partial charge in [0.1, 0.15) is 0 Å². The van der Waals surface area contributed by atoms with E-state index >= 15 is 0 Å². The summed E-state index contributed by atoms with van der Waals surface area (Å²) in [7, 11) is 0. The molecule has 0 atom stereocenters. The molecule has 1 saturated heterocycles. The Bertz CT molecular complexity index is 1010. The minimum absolute atomic E-state index is 0.0204. The summed E-state index contributed by atoms with van der Waals surface area (Å²) in [5, 5.41) is 0. The Morgan fingerprint density at radius 3 is 2.57 bits per heavy atom. The molecule has 3 aromatic rings. The van der Waals surface area contributed by atoms with Crippen LogP contribution in [0.3, 0.4) is 0 Å². The van der Waals surface area contributed by atoms with Gasteiger partial charge < -0.3 is 19.5 Å². The fourth-order valence-corrected chi connectivity index (χ4v) is 3.44. The smallest absolute Gasteiger partial charge is 0.409 e. The molecule has 7 nitrogen and oxygen atoms in total. The first-order valence-corrected chi connectivity index (χ1v) is 9.40. The lowest BCUT2D eigenvalue weighted by Gasteiger charge is -2.34. The highest BCUT2D eigenvalue weighted by atomic mass is 16.6. The number of piperazine rings is 1. The minimum Gasteiger partial charge on any atom is -0.450 e. The summed E-state index contributed by atoms with van der Waals surface area (Å²) in [4.78, 5) is 35.5. The van der Waals surface area contributed by atoms with Crippen molar-refractivity contribution in [3.63, 3.8) is 0 Å². The number of carbonyl (C=O) groups is 2. The molecule has 2 aromatic carbocycles. The lowest BCUT2D eigenvalue weighted by molar-refractivity contribution is 0.0570. The van der Waals surface area contributed by atoms with Gasteiger partial charge in [-0.3, -0.25) is 4.79 Å². The van der Waals surface area contributed by atoms with Gasteiger partial charge in [-0.2, -0.15) is 0 Å². The Kier molecular flexibility index (Phi) is 4.97. The number of rotatable bonds is 3. The highest BCUT2D eigenvalue weighted by Crippen LogP contribution is 2.24. The van der Waals surface area contributed by atoms with E-state index in [1.807, 2.05) is 42.5 Å². The van der Waals surface area contributed by atoms with Crippen molar-refractivity contribution >= 4 is 23.0 Å². The van der Waals surface area contributed by atoms with Gasteiger partial charge in [-0.25, -0.2) is 9.78 Å². The monoisotopic (exact) mass is 378 g/mol. The fraction of sp³-hybridized carbons (Fsp3) is 0.286. The molecule has 4 rings (SSSR count). The van der Waals surface area contributed by atoms with Gasteiger partial charge in [-0.05, 0) is 42.3 Å². The van der Waals surface area contributed by atoms with Crippen molar-refractivity contribution in [2.75, 3.05) is 32.8 Å². The minimum atomic E-state index is -0.314. The maximum atomic E-state index is 12.9. The van der Waals surface area contributed by atoms with E-state index < -0.39 is 0 Å². The Labute approximate surface area is 162 Å². The van der Waals surface area contributed by atoms with Crippen LogP contribution in [0.15, 0.2) is 48.8 Å². The molecule has 1 aromatic heterocycles. The number of imidazole rings is 1. The second-order valence-corrected chi connectivity index (χ2v) is 6.69. The highest BCUT2D eigenvalue weighted by Gasteiger charge is 2.25. The molecule has 0 unspecified atom stereocenters. The van der Waals surface area contributed by atoms with Gasteiger partial charge in [0.05, 0.1) is 24.0 Å². The molecule has 2 heterocycles. The van der Waals surface area contributed by atoms with Crippen molar-refractivity contribution in [2.45, 2.75) is 6.92 Å². The summed E-state index contributed by atoms with van der Waals surface area (Å²) in [6, 6.07) is 13.6. The Hall–Kier alpha value is -3.35. The molecule has 1 aliphatic rings. The summed E-state index contributed by atoms with van der Waals surface area (Å²) in [5.74, 6) is -0.0204. The highest BCUT2D eigenvalue weighted by molar-refractivity contribution is 5.96. The molecule has 0 spiro atoms. The molecule has 144 valence electrons. The molecular weight excluding hydrogens is 356 g/mol. The van der Waals surface area contributed by atoms with Crippen molar-refractivity contribution < 1.29 is 14.3 Å². The maximum Gasteiger partial charge on any atom is 0.409 e. The van der Waals surface area contributed by atoms with E-state index in [9.17, 15) is 9.59 Å². The Morgan fingerprint density at radius 1 is 1.04 bits per heavy atom. The standard InChI is InChI=1S/C21H22N4O3/c1-2-28-21(27)25-10-8-24(9-11-25)20(26)17-5-3-4-15(12-17)16-6-7-18-19(13-16)23-14-22-18/h3-7,12-14H,2,8-11H2,1H3,(H,22,23). The SMILES string of the molecule is CCOC(=O)N1CCN(C(=O)c2cccc(-c3ccc4nc[nH]c4c3)c2)CC1. The van der Waals surface area contributed by atoms with Crippen molar-refractivity contribution in [3.8, 4) is 11.1 Å². The Morgan fingerprint density at radius 2 is 1.79 bits per heavy atom. The van der Waals surface area contributed by atoms with Crippen LogP contribution in [0, 0.1) is 0 Å². The van der Waals surface area contributed by atoms with Gasteiger partial charge in [0.15, 0.2) is 0 Å². The summed E-state index contributed by atoms with van der Waals surface area (Å²) >= 11 is 0. The molecular formula is C21H22N4O3. The summed E-state index contributed by atoms with van der Waals surface area (Å²) < 4.78 is 5.03. The number of ether oxygens (including phenoxy) is 1. The van der Waals surface area contributed by atoms with Gasteiger partial charge in [0.2, 0.25) is 0 Å². The van der Waals surface area contributed by atoms with Crippen LogP contribution in [-0.4, -0.2) is 64.6 Å². The van der Waals surface area contributed by atoms with Crippen molar-refractivity contribution in [1.29, 1.82) is 0 Å². The topological polar surface area (TPSA) is 78.5 Å². The number of carbonyl (C=O) groups excluding carboxylic acids is 2. The number of benzene rings is 2. The molecule has 2 amide bonds. The molecule has 1 fully saturated rings. The van der Waals surface area contributed by atoms with Crippen LogP contribution < -0.4 is 0 Å². The molecule has 0 aliphatic carbocycles. The van der Waals surface area contributed by atoms with Gasteiger partial charge in [-0.1, -0.05) is 18.2 Å². The first-order valence-electron chi connectivity index (χ1n) is 9.40. The largest absolute Gasteiger partial charge is 0.450 e. The number of hydrogen-bond acceptors (Lipinski definition) is 4. The number of H-pyrrole nitrogens is 1. The third kappa shape index (κ3) is 3.55. The van der Waals surface area contributed by atoms with Crippen molar-refractivity contribution in [3.05, 3.63) is 54.4 Å². The lowest BCUT2D eigenvalue weighted by Crippen LogP contribution is -2.50. The maximum absolute atomic E-state index is 12.9. The average Bonchev–Trinajstić information content (AvgIpc) is 3.21. The second-order valence-electron chi connectivity index (χ2n) is 6.69. The second kappa shape index (κ2) is 7.72. The zero-order chi connectivity index (χ0) is 19.5. The van der Waals surface area contributed by atoms with Crippen LogP contribution in [0.1, 0.15) is 17.3 Å². The predicted octanol–water partition coefficient (Wildman–Crippen LogP) is 3.14. The number of aromatic amines is 1. The average molecular weight is 378 g/mol. The van der Waals surface area contributed by atoms with Crippen LogP contribution in [0.4, 0.5) is 4.79 Å². The van der Waals surface area contributed by atoms with E-state index in [0.717, 1.165) is 22.2 Å². The van der Waals surface area contributed by atoms with Crippen LogP contribution >= 0.6 is 0 Å². The summed E-state index contributed by atoms with van der Waals surface area (Å²) in [6.07, 6.45) is 1.36. The molecule has 7 heteroatoms. The van der Waals surface area contributed by atoms with E-state index in [0.29, 0.717) is 38.3 Å².